The van der Waals surface area contributed by atoms with Gasteiger partial charge < -0.3 is 20.1 Å². The predicted octanol–water partition coefficient (Wildman–Crippen LogP) is 2.84. The number of anilines is 1. The van der Waals surface area contributed by atoms with Gasteiger partial charge in [-0.1, -0.05) is 11.8 Å². The van der Waals surface area contributed by atoms with E-state index >= 15 is 0 Å². The van der Waals surface area contributed by atoms with Crippen LogP contribution >= 0.6 is 27.7 Å². The Labute approximate surface area is 178 Å². The largest absolute Gasteiger partial charge is 0.454 e. The number of hydrogen-bond donors (Lipinski definition) is 1. The van der Waals surface area contributed by atoms with Crippen molar-refractivity contribution in [2.24, 2.45) is 0 Å². The zero-order valence-corrected chi connectivity index (χ0v) is 17.6. The maximum absolute atomic E-state index is 11.1. The van der Waals surface area contributed by atoms with E-state index in [1.54, 1.807) is 4.90 Å². The Morgan fingerprint density at radius 2 is 1.97 bits per heavy atom. The van der Waals surface area contributed by atoms with Crippen LogP contribution in [-0.2, 0) is 4.79 Å². The summed E-state index contributed by atoms with van der Waals surface area (Å²) in [4.78, 5) is 27.1. The van der Waals surface area contributed by atoms with Crippen molar-refractivity contribution in [3.8, 4) is 11.5 Å². The number of piperidine rings is 1. The standard InChI is InChI=1S/C18H17BrN6O3S/c19-11-5-12-13(28-9-27-12)6-14(11)29-18-23-15-16(20)21-7-22-17(15)25(18)10-1-3-24(8-26)4-2-10/h5-8,10H,1-4,9H2,(H2,20,21,22). The lowest BCUT2D eigenvalue weighted by atomic mass is 10.1. The van der Waals surface area contributed by atoms with Crippen LogP contribution in [0.25, 0.3) is 11.2 Å². The molecule has 1 aromatic carbocycles. The van der Waals surface area contributed by atoms with Crippen molar-refractivity contribution < 1.29 is 14.3 Å². The number of ether oxygens (including phenoxy) is 2. The molecule has 0 aliphatic carbocycles. The Morgan fingerprint density at radius 1 is 1.21 bits per heavy atom. The molecule has 0 radical (unpaired) electrons. The Morgan fingerprint density at radius 3 is 2.72 bits per heavy atom. The van der Waals surface area contributed by atoms with Gasteiger partial charge in [0.1, 0.15) is 6.33 Å². The molecule has 2 N–H and O–H groups in total. The molecule has 0 atom stereocenters. The average molecular weight is 477 g/mol. The van der Waals surface area contributed by atoms with Crippen molar-refractivity contribution >= 4 is 51.1 Å². The van der Waals surface area contributed by atoms with Gasteiger partial charge in [0, 0.05) is 28.5 Å². The zero-order valence-electron chi connectivity index (χ0n) is 15.2. The maximum atomic E-state index is 11.1. The van der Waals surface area contributed by atoms with E-state index < -0.39 is 0 Å². The molecule has 0 unspecified atom stereocenters. The van der Waals surface area contributed by atoms with Gasteiger partial charge >= 0.3 is 0 Å². The molecule has 150 valence electrons. The molecule has 2 aliphatic rings. The van der Waals surface area contributed by atoms with Gasteiger partial charge in [-0.25, -0.2) is 15.0 Å². The number of aromatic nitrogens is 4. The number of fused-ring (bicyclic) bond motifs is 2. The Kier molecular flexibility index (Phi) is 4.70. The van der Waals surface area contributed by atoms with Gasteiger partial charge in [0.2, 0.25) is 13.2 Å². The minimum Gasteiger partial charge on any atom is -0.454 e. The third kappa shape index (κ3) is 3.27. The molecule has 0 saturated carbocycles. The number of rotatable bonds is 4. The van der Waals surface area contributed by atoms with Gasteiger partial charge in [0.15, 0.2) is 33.6 Å². The average Bonchev–Trinajstić information content (AvgIpc) is 3.33. The molecule has 11 heteroatoms. The number of likely N-dealkylation sites (tertiary alicyclic amines) is 1. The summed E-state index contributed by atoms with van der Waals surface area (Å²) in [6.45, 7) is 1.62. The summed E-state index contributed by atoms with van der Waals surface area (Å²) in [5, 5.41) is 0.774. The first-order chi connectivity index (χ1) is 14.1. The van der Waals surface area contributed by atoms with Crippen LogP contribution in [0.1, 0.15) is 18.9 Å². The zero-order chi connectivity index (χ0) is 20.0. The third-order valence-corrected chi connectivity index (χ3v) is 7.06. The summed E-state index contributed by atoms with van der Waals surface area (Å²) in [5.41, 5.74) is 7.37. The molecular formula is C18H17BrN6O3S. The summed E-state index contributed by atoms with van der Waals surface area (Å²) in [6.07, 6.45) is 4.01. The van der Waals surface area contributed by atoms with E-state index in [0.717, 1.165) is 33.8 Å². The normalized spacial score (nSPS) is 16.5. The quantitative estimate of drug-likeness (QED) is 0.572. The maximum Gasteiger partial charge on any atom is 0.231 e. The van der Waals surface area contributed by atoms with Gasteiger partial charge in [-0.15, -0.1) is 0 Å². The number of imidazole rings is 1. The molecular weight excluding hydrogens is 460 g/mol. The Balaban J connectivity index is 1.57. The highest BCUT2D eigenvalue weighted by Crippen LogP contribution is 2.44. The van der Waals surface area contributed by atoms with E-state index in [1.165, 1.54) is 18.1 Å². The summed E-state index contributed by atoms with van der Waals surface area (Å²) in [7, 11) is 0. The molecule has 2 aliphatic heterocycles. The number of nitrogens with two attached hydrogens (primary N) is 1. The van der Waals surface area contributed by atoms with Crippen LogP contribution in [0.15, 0.2) is 33.0 Å². The first-order valence-corrected chi connectivity index (χ1v) is 10.7. The van der Waals surface area contributed by atoms with Crippen LogP contribution in [0, 0.1) is 0 Å². The minimum absolute atomic E-state index is 0.167. The van der Waals surface area contributed by atoms with Crippen molar-refractivity contribution in [1.29, 1.82) is 0 Å². The van der Waals surface area contributed by atoms with Crippen LogP contribution in [0.4, 0.5) is 5.82 Å². The fourth-order valence-corrected chi connectivity index (χ4v) is 5.19. The second kappa shape index (κ2) is 7.38. The molecule has 5 rings (SSSR count). The number of amides is 1. The lowest BCUT2D eigenvalue weighted by Crippen LogP contribution is -2.33. The van der Waals surface area contributed by atoms with E-state index in [1.807, 2.05) is 12.1 Å². The highest BCUT2D eigenvalue weighted by Gasteiger charge is 2.27. The van der Waals surface area contributed by atoms with E-state index in [0.29, 0.717) is 41.6 Å². The number of carbonyl (C=O) groups excluding carboxylic acids is 1. The Hall–Kier alpha value is -2.53. The van der Waals surface area contributed by atoms with Crippen LogP contribution in [-0.4, -0.2) is 50.7 Å². The molecule has 9 nitrogen and oxygen atoms in total. The van der Waals surface area contributed by atoms with Gasteiger partial charge in [-0.3, -0.25) is 9.36 Å². The van der Waals surface area contributed by atoms with E-state index in [2.05, 4.69) is 30.5 Å². The molecule has 3 aromatic rings. The highest BCUT2D eigenvalue weighted by atomic mass is 79.9. The number of nitrogens with zero attached hydrogens (tertiary/aromatic N) is 5. The van der Waals surface area contributed by atoms with Gasteiger partial charge in [0.25, 0.3) is 0 Å². The van der Waals surface area contributed by atoms with Crippen LogP contribution in [0.3, 0.4) is 0 Å². The third-order valence-electron chi connectivity index (χ3n) is 5.11. The molecule has 4 heterocycles. The fraction of sp³-hybridized carbons (Fsp3) is 0.333. The molecule has 29 heavy (non-hydrogen) atoms. The summed E-state index contributed by atoms with van der Waals surface area (Å²) >= 11 is 5.12. The number of nitrogen functional groups attached to an aromatic ring is 1. The lowest BCUT2D eigenvalue weighted by Gasteiger charge is -2.30. The Bertz CT molecular complexity index is 1100. The first-order valence-electron chi connectivity index (χ1n) is 9.09. The minimum atomic E-state index is 0.167. The van der Waals surface area contributed by atoms with Gasteiger partial charge in [-0.05, 0) is 40.9 Å². The molecule has 0 spiro atoms. The topological polar surface area (TPSA) is 108 Å². The van der Waals surface area contributed by atoms with Crippen molar-refractivity contribution in [3.63, 3.8) is 0 Å². The van der Waals surface area contributed by atoms with Crippen molar-refractivity contribution in [2.75, 3.05) is 25.6 Å². The van der Waals surface area contributed by atoms with Gasteiger partial charge in [-0.2, -0.15) is 0 Å². The summed E-state index contributed by atoms with van der Waals surface area (Å²) in [6, 6.07) is 4.00. The van der Waals surface area contributed by atoms with E-state index in [-0.39, 0.29) is 12.8 Å². The first kappa shape index (κ1) is 18.5. The molecule has 1 amide bonds. The van der Waals surface area contributed by atoms with Crippen molar-refractivity contribution in [1.82, 2.24) is 24.4 Å². The smallest absolute Gasteiger partial charge is 0.231 e. The number of halogens is 1. The predicted molar refractivity (Wildman–Crippen MR) is 110 cm³/mol. The second-order valence-electron chi connectivity index (χ2n) is 6.81. The second-order valence-corrected chi connectivity index (χ2v) is 8.67. The fourth-order valence-electron chi connectivity index (χ4n) is 3.63. The monoisotopic (exact) mass is 476 g/mol. The van der Waals surface area contributed by atoms with E-state index in [4.69, 9.17) is 20.2 Å². The SMILES string of the molecule is Nc1ncnc2c1nc(Sc1cc3c(cc1Br)OCO3)n2C1CCN(C=O)CC1. The number of hydrogen-bond acceptors (Lipinski definition) is 8. The van der Waals surface area contributed by atoms with Crippen molar-refractivity contribution in [2.45, 2.75) is 28.9 Å². The lowest BCUT2D eigenvalue weighted by molar-refractivity contribution is -0.119. The van der Waals surface area contributed by atoms with Crippen molar-refractivity contribution in [3.05, 3.63) is 22.9 Å². The van der Waals surface area contributed by atoms with Gasteiger partial charge in [0.05, 0.1) is 0 Å². The summed E-state index contributed by atoms with van der Waals surface area (Å²) < 4.78 is 14.0. The number of carbonyl (C=O) groups is 1. The van der Waals surface area contributed by atoms with E-state index in [9.17, 15) is 4.79 Å². The van der Waals surface area contributed by atoms with Crippen LogP contribution < -0.4 is 15.2 Å². The molecule has 2 aromatic heterocycles. The highest BCUT2D eigenvalue weighted by molar-refractivity contribution is 9.10. The molecule has 0 bridgehead atoms. The molecule has 1 saturated heterocycles. The number of benzene rings is 1. The summed E-state index contributed by atoms with van der Waals surface area (Å²) in [5.74, 6) is 1.77. The van der Waals surface area contributed by atoms with Crippen LogP contribution in [0.2, 0.25) is 0 Å². The molecule has 1 fully saturated rings. The van der Waals surface area contributed by atoms with Crippen LogP contribution in [0.5, 0.6) is 11.5 Å².